The Bertz CT molecular complexity index is 585. The fourth-order valence-electron chi connectivity index (χ4n) is 2.57. The molecule has 2 heterocycles. The molecule has 2 aromatic rings. The zero-order chi connectivity index (χ0) is 14.7. The monoisotopic (exact) mass is 336 g/mol. The largest absolute Gasteiger partial charge is 0.366 e. The van der Waals surface area contributed by atoms with Gasteiger partial charge >= 0.3 is 0 Å². The van der Waals surface area contributed by atoms with Gasteiger partial charge in [0.05, 0.1) is 11.2 Å². The molecule has 5 heteroatoms. The molecule has 2 rings (SSSR count). The molecule has 0 bridgehead atoms. The molecule has 4 nitrogen and oxygen atoms in total. The van der Waals surface area contributed by atoms with E-state index in [1.165, 1.54) is 0 Å². The summed E-state index contributed by atoms with van der Waals surface area (Å²) in [6.07, 6.45) is 3.69. The number of pyridine rings is 2. The number of likely N-dealkylation sites (N-methyl/N-ethyl adjacent to an activating group) is 2. The van der Waals surface area contributed by atoms with E-state index in [1.54, 1.807) is 0 Å². The van der Waals surface area contributed by atoms with E-state index in [1.807, 2.05) is 18.5 Å². The first-order valence-corrected chi connectivity index (χ1v) is 7.64. The van der Waals surface area contributed by atoms with Crippen LogP contribution in [0.2, 0.25) is 0 Å². The Balaban J connectivity index is 2.44. The zero-order valence-corrected chi connectivity index (χ0v) is 14.1. The van der Waals surface area contributed by atoms with Crippen molar-refractivity contribution >= 4 is 32.7 Å². The number of hydrogen-bond acceptors (Lipinski definition) is 4. The summed E-state index contributed by atoms with van der Waals surface area (Å²) in [5, 5.41) is 0. The minimum Gasteiger partial charge on any atom is -0.366 e. The van der Waals surface area contributed by atoms with E-state index in [-0.39, 0.29) is 0 Å². The van der Waals surface area contributed by atoms with Crippen LogP contribution in [0.3, 0.4) is 0 Å². The minimum atomic E-state index is 0.422. The summed E-state index contributed by atoms with van der Waals surface area (Å²) >= 11 is 3.45. The Morgan fingerprint density at radius 3 is 2.70 bits per heavy atom. The van der Waals surface area contributed by atoms with Gasteiger partial charge in [-0.25, -0.2) is 0 Å². The Kier molecular flexibility index (Phi) is 4.94. The zero-order valence-electron chi connectivity index (χ0n) is 12.5. The number of hydrogen-bond donors (Lipinski definition) is 0. The van der Waals surface area contributed by atoms with E-state index in [0.717, 1.165) is 34.3 Å². The maximum atomic E-state index is 4.55. The predicted molar refractivity (Wildman–Crippen MR) is 88.3 cm³/mol. The lowest BCUT2D eigenvalue weighted by Gasteiger charge is -2.32. The molecular formula is C15H21BrN4. The molecule has 0 radical (unpaired) electrons. The van der Waals surface area contributed by atoms with Crippen LogP contribution in [0.1, 0.15) is 13.8 Å². The van der Waals surface area contributed by atoms with Gasteiger partial charge in [-0.05, 0) is 56.0 Å². The van der Waals surface area contributed by atoms with Crippen molar-refractivity contribution in [2.75, 3.05) is 32.1 Å². The summed E-state index contributed by atoms with van der Waals surface area (Å²) in [6, 6.07) is 4.49. The highest BCUT2D eigenvalue weighted by Crippen LogP contribution is 2.26. The Morgan fingerprint density at radius 2 is 2.05 bits per heavy atom. The number of rotatable bonds is 5. The van der Waals surface area contributed by atoms with Gasteiger partial charge in [-0.1, -0.05) is 0 Å². The first-order valence-electron chi connectivity index (χ1n) is 6.84. The van der Waals surface area contributed by atoms with Crippen molar-refractivity contribution in [3.8, 4) is 0 Å². The maximum absolute atomic E-state index is 4.55. The maximum Gasteiger partial charge on any atom is 0.112 e. The van der Waals surface area contributed by atoms with Gasteiger partial charge in [0.25, 0.3) is 0 Å². The van der Waals surface area contributed by atoms with Crippen molar-refractivity contribution < 1.29 is 0 Å². The fraction of sp³-hybridized carbons (Fsp3) is 0.467. The Labute approximate surface area is 128 Å². The molecule has 1 atom stereocenters. The van der Waals surface area contributed by atoms with Crippen LogP contribution in [0.15, 0.2) is 29.0 Å². The fourth-order valence-corrected chi connectivity index (χ4v) is 2.89. The van der Waals surface area contributed by atoms with Crippen LogP contribution in [-0.4, -0.2) is 48.1 Å². The smallest absolute Gasteiger partial charge is 0.112 e. The SMILES string of the molecule is CCN(c1ccnc2cc(Br)cnc12)C(C)CN(C)C. The highest BCUT2D eigenvalue weighted by atomic mass is 79.9. The summed E-state index contributed by atoms with van der Waals surface area (Å²) in [5.74, 6) is 0. The third kappa shape index (κ3) is 3.27. The van der Waals surface area contributed by atoms with Crippen LogP contribution in [0, 0.1) is 0 Å². The summed E-state index contributed by atoms with van der Waals surface area (Å²) in [5.41, 5.74) is 3.04. The lowest BCUT2D eigenvalue weighted by molar-refractivity contribution is 0.373. The van der Waals surface area contributed by atoms with E-state index >= 15 is 0 Å². The van der Waals surface area contributed by atoms with E-state index in [0.29, 0.717) is 6.04 Å². The summed E-state index contributed by atoms with van der Waals surface area (Å²) in [4.78, 5) is 13.5. The van der Waals surface area contributed by atoms with Gasteiger partial charge in [-0.15, -0.1) is 0 Å². The molecule has 0 fully saturated rings. The van der Waals surface area contributed by atoms with Crippen molar-refractivity contribution in [2.45, 2.75) is 19.9 Å². The first kappa shape index (κ1) is 15.2. The summed E-state index contributed by atoms with van der Waals surface area (Å²) in [6.45, 7) is 6.38. The van der Waals surface area contributed by atoms with Gasteiger partial charge in [0.2, 0.25) is 0 Å². The number of aromatic nitrogens is 2. The van der Waals surface area contributed by atoms with Gasteiger partial charge in [0.1, 0.15) is 5.52 Å². The van der Waals surface area contributed by atoms with Crippen molar-refractivity contribution in [2.24, 2.45) is 0 Å². The van der Waals surface area contributed by atoms with Crippen LogP contribution in [0.5, 0.6) is 0 Å². The van der Waals surface area contributed by atoms with E-state index < -0.39 is 0 Å². The molecule has 1 unspecified atom stereocenters. The molecule has 0 aliphatic rings. The molecule has 0 saturated carbocycles. The van der Waals surface area contributed by atoms with Crippen LogP contribution in [-0.2, 0) is 0 Å². The summed E-state index contributed by atoms with van der Waals surface area (Å²) in [7, 11) is 4.20. The summed E-state index contributed by atoms with van der Waals surface area (Å²) < 4.78 is 0.957. The van der Waals surface area contributed by atoms with E-state index in [2.05, 4.69) is 69.7 Å². The predicted octanol–water partition coefficient (Wildman–Crippen LogP) is 3.17. The standard InChI is InChI=1S/C15H21BrN4/c1-5-20(11(2)10-19(3)4)14-6-7-17-13-8-12(16)9-18-15(13)14/h6-9,11H,5,10H2,1-4H3. The number of halogens is 1. The van der Waals surface area contributed by atoms with Gasteiger partial charge < -0.3 is 9.80 Å². The normalized spacial score (nSPS) is 12.9. The first-order chi connectivity index (χ1) is 9.52. The van der Waals surface area contributed by atoms with Crippen LogP contribution in [0.4, 0.5) is 5.69 Å². The second-order valence-corrected chi connectivity index (χ2v) is 6.16. The second-order valence-electron chi connectivity index (χ2n) is 5.25. The minimum absolute atomic E-state index is 0.422. The number of nitrogens with zero attached hydrogens (tertiary/aromatic N) is 4. The lowest BCUT2D eigenvalue weighted by atomic mass is 10.2. The molecule has 0 spiro atoms. The number of anilines is 1. The second kappa shape index (κ2) is 6.50. The van der Waals surface area contributed by atoms with Crippen molar-refractivity contribution in [3.05, 3.63) is 29.0 Å². The molecule has 108 valence electrons. The average Bonchev–Trinajstić information content (AvgIpc) is 2.38. The molecule has 0 aromatic carbocycles. The Hall–Kier alpha value is -1.20. The molecule has 0 N–H and O–H groups in total. The van der Waals surface area contributed by atoms with Crippen molar-refractivity contribution in [1.82, 2.24) is 14.9 Å². The van der Waals surface area contributed by atoms with E-state index in [4.69, 9.17) is 0 Å². The average molecular weight is 337 g/mol. The third-order valence-electron chi connectivity index (χ3n) is 3.33. The lowest BCUT2D eigenvalue weighted by Crippen LogP contribution is -2.40. The molecule has 0 amide bonds. The van der Waals surface area contributed by atoms with Crippen molar-refractivity contribution in [3.63, 3.8) is 0 Å². The third-order valence-corrected chi connectivity index (χ3v) is 3.77. The van der Waals surface area contributed by atoms with Gasteiger partial charge in [-0.2, -0.15) is 0 Å². The van der Waals surface area contributed by atoms with E-state index in [9.17, 15) is 0 Å². The van der Waals surface area contributed by atoms with Gasteiger partial charge in [-0.3, -0.25) is 9.97 Å². The molecular weight excluding hydrogens is 316 g/mol. The van der Waals surface area contributed by atoms with Crippen LogP contribution in [0.25, 0.3) is 11.0 Å². The molecule has 2 aromatic heterocycles. The Morgan fingerprint density at radius 1 is 1.30 bits per heavy atom. The van der Waals surface area contributed by atoms with Gasteiger partial charge in [0, 0.05) is 36.0 Å². The molecule has 20 heavy (non-hydrogen) atoms. The highest BCUT2D eigenvalue weighted by Gasteiger charge is 2.17. The number of fused-ring (bicyclic) bond motifs is 1. The van der Waals surface area contributed by atoms with Crippen molar-refractivity contribution in [1.29, 1.82) is 0 Å². The topological polar surface area (TPSA) is 32.3 Å². The van der Waals surface area contributed by atoms with Gasteiger partial charge in [0.15, 0.2) is 0 Å². The highest BCUT2D eigenvalue weighted by molar-refractivity contribution is 9.10. The van der Waals surface area contributed by atoms with Crippen LogP contribution >= 0.6 is 15.9 Å². The molecule has 0 aliphatic heterocycles. The molecule has 0 aliphatic carbocycles. The van der Waals surface area contributed by atoms with Crippen LogP contribution < -0.4 is 4.90 Å². The molecule has 0 saturated heterocycles. The quantitative estimate of drug-likeness (QED) is 0.839.